The van der Waals surface area contributed by atoms with Gasteiger partial charge in [0, 0.05) is 12.1 Å². The fourth-order valence-electron chi connectivity index (χ4n) is 3.60. The molecule has 2 N–H and O–H groups in total. The van der Waals surface area contributed by atoms with E-state index in [0.717, 1.165) is 12.8 Å². The summed E-state index contributed by atoms with van der Waals surface area (Å²) >= 11 is 0. The van der Waals surface area contributed by atoms with E-state index in [4.69, 9.17) is 5.14 Å². The number of sulfonamides is 1. The molecule has 0 saturated carbocycles. The Balaban J connectivity index is 1.92. The number of hydrogen-bond acceptors (Lipinski definition) is 3. The van der Waals surface area contributed by atoms with Crippen LogP contribution in [-0.4, -0.2) is 14.3 Å². The molecule has 0 aliphatic rings. The normalized spacial score (nSPS) is 11.5. The van der Waals surface area contributed by atoms with Crippen LogP contribution in [0.4, 0.5) is 5.69 Å². The van der Waals surface area contributed by atoms with Crippen LogP contribution in [0.1, 0.15) is 110 Å². The molecule has 0 atom stereocenters. The number of nitrogens with one attached hydrogen (secondary N) is 2. The van der Waals surface area contributed by atoms with Crippen LogP contribution in [0, 0.1) is 0 Å². The Morgan fingerprint density at radius 1 is 0.733 bits per heavy atom. The Hall–Kier alpha value is -1.40. The minimum Gasteiger partial charge on any atom is -0.326 e. The highest BCUT2D eigenvalue weighted by Gasteiger charge is 2.08. The zero-order valence-electron chi connectivity index (χ0n) is 18.8. The average molecular weight is 438 g/mol. The first-order valence-electron chi connectivity index (χ1n) is 11.8. The smallest absolute Gasteiger partial charge is 0.254 e. The van der Waals surface area contributed by atoms with Gasteiger partial charge in [-0.05, 0) is 30.7 Å². The zero-order valence-corrected chi connectivity index (χ0v) is 19.6. The number of benzene rings is 1. The van der Waals surface area contributed by atoms with E-state index in [1.165, 1.54) is 108 Å². The highest BCUT2D eigenvalue weighted by Crippen LogP contribution is 2.15. The van der Waals surface area contributed by atoms with Gasteiger partial charge in [0.2, 0.25) is 5.91 Å². The van der Waals surface area contributed by atoms with Gasteiger partial charge in [-0.2, -0.15) is 0 Å². The summed E-state index contributed by atoms with van der Waals surface area (Å²) in [6.07, 6.45) is 20.0. The number of hydrogen-bond donors (Lipinski definition) is 1. The van der Waals surface area contributed by atoms with Crippen molar-refractivity contribution in [2.75, 3.05) is 5.32 Å². The van der Waals surface area contributed by atoms with Crippen molar-refractivity contribution < 1.29 is 13.2 Å². The van der Waals surface area contributed by atoms with E-state index in [1.807, 2.05) is 0 Å². The summed E-state index contributed by atoms with van der Waals surface area (Å²) in [6, 6.07) is 5.72. The Morgan fingerprint density at radius 3 is 1.53 bits per heavy atom. The van der Waals surface area contributed by atoms with Crippen LogP contribution in [-0.2, 0) is 14.8 Å². The van der Waals surface area contributed by atoms with Crippen molar-refractivity contribution in [3.8, 4) is 0 Å². The number of amides is 1. The maximum atomic E-state index is 12.0. The number of rotatable bonds is 18. The highest BCUT2D eigenvalue weighted by atomic mass is 32.2. The molecule has 1 aromatic rings. The van der Waals surface area contributed by atoms with Crippen LogP contribution in [0.25, 0.3) is 0 Å². The van der Waals surface area contributed by atoms with Crippen LogP contribution < -0.4 is 10.5 Å². The van der Waals surface area contributed by atoms with E-state index >= 15 is 0 Å². The second kappa shape index (κ2) is 16.3. The molecule has 0 bridgehead atoms. The standard InChI is InChI=1S/C24H41N2O3S/c1-2-3-4-5-6-7-8-9-10-11-12-13-14-15-16-17-24(27)26-22-18-20-23(21-19-22)30(25,28)29/h18-21,25H,2-17H2,1H3,(H,26,27). The summed E-state index contributed by atoms with van der Waals surface area (Å²) in [6.45, 7) is 2.26. The minimum absolute atomic E-state index is 0.0498. The number of carbonyl (C=O) groups excluding carboxylic acids is 1. The third-order valence-electron chi connectivity index (χ3n) is 5.46. The van der Waals surface area contributed by atoms with Gasteiger partial charge in [-0.1, -0.05) is 96.8 Å². The fourth-order valence-corrected chi connectivity index (χ4v) is 4.09. The van der Waals surface area contributed by atoms with Crippen LogP contribution in [0.3, 0.4) is 0 Å². The van der Waals surface area contributed by atoms with Crippen molar-refractivity contribution in [1.82, 2.24) is 5.14 Å². The molecule has 0 spiro atoms. The van der Waals surface area contributed by atoms with Gasteiger partial charge in [0.05, 0.1) is 4.90 Å². The summed E-state index contributed by atoms with van der Waals surface area (Å²) in [4.78, 5) is 11.9. The molecule has 5 nitrogen and oxygen atoms in total. The lowest BCUT2D eigenvalue weighted by Crippen LogP contribution is -2.11. The molecular formula is C24H41N2O3S. The lowest BCUT2D eigenvalue weighted by atomic mass is 10.0. The van der Waals surface area contributed by atoms with Crippen molar-refractivity contribution in [1.29, 1.82) is 0 Å². The summed E-state index contributed by atoms with van der Waals surface area (Å²) < 4.78 is 22.2. The summed E-state index contributed by atoms with van der Waals surface area (Å²) in [5.74, 6) is -0.0498. The number of carbonyl (C=O) groups is 1. The first-order chi connectivity index (χ1) is 14.4. The van der Waals surface area contributed by atoms with Gasteiger partial charge in [0.25, 0.3) is 10.0 Å². The van der Waals surface area contributed by atoms with Gasteiger partial charge in [-0.15, -0.1) is 5.14 Å². The quantitative estimate of drug-likeness (QED) is 0.254. The molecule has 171 valence electrons. The Morgan fingerprint density at radius 2 is 1.13 bits per heavy atom. The van der Waals surface area contributed by atoms with Crippen LogP contribution in [0.5, 0.6) is 0 Å². The van der Waals surface area contributed by atoms with E-state index in [1.54, 1.807) is 0 Å². The molecule has 1 amide bonds. The van der Waals surface area contributed by atoms with E-state index < -0.39 is 10.0 Å². The SMILES string of the molecule is CCCCCCCCCCCCCCCCCC(=O)Nc1ccc(S([NH])(=O)=O)cc1. The highest BCUT2D eigenvalue weighted by molar-refractivity contribution is 7.88. The molecule has 0 heterocycles. The summed E-state index contributed by atoms with van der Waals surface area (Å²) in [5.41, 5.74) is 0.563. The molecule has 0 aromatic heterocycles. The van der Waals surface area contributed by atoms with E-state index in [-0.39, 0.29) is 10.8 Å². The predicted molar refractivity (Wildman–Crippen MR) is 125 cm³/mol. The number of unbranched alkanes of at least 4 members (excludes halogenated alkanes) is 14. The van der Waals surface area contributed by atoms with Gasteiger partial charge in [-0.25, -0.2) is 8.42 Å². The second-order valence-corrected chi connectivity index (χ2v) is 9.75. The largest absolute Gasteiger partial charge is 0.326 e. The molecule has 0 saturated heterocycles. The van der Waals surface area contributed by atoms with Crippen LogP contribution in [0.15, 0.2) is 29.2 Å². The molecule has 0 fully saturated rings. The van der Waals surface area contributed by atoms with Gasteiger partial charge < -0.3 is 5.32 Å². The summed E-state index contributed by atoms with van der Waals surface area (Å²) in [5, 5.41) is 9.78. The van der Waals surface area contributed by atoms with E-state index in [0.29, 0.717) is 12.1 Å². The van der Waals surface area contributed by atoms with E-state index in [2.05, 4.69) is 12.2 Å². The Kier molecular flexibility index (Phi) is 14.5. The molecule has 1 radical (unpaired) electrons. The van der Waals surface area contributed by atoms with Gasteiger partial charge in [0.1, 0.15) is 0 Å². The summed E-state index contributed by atoms with van der Waals surface area (Å²) in [7, 11) is -3.95. The molecule has 0 aliphatic carbocycles. The predicted octanol–water partition coefficient (Wildman–Crippen LogP) is 6.86. The second-order valence-electron chi connectivity index (χ2n) is 8.28. The fraction of sp³-hybridized carbons (Fsp3) is 0.708. The number of anilines is 1. The molecule has 0 aliphatic heterocycles. The lowest BCUT2D eigenvalue weighted by molar-refractivity contribution is -0.116. The van der Waals surface area contributed by atoms with Crippen LogP contribution >= 0.6 is 0 Å². The van der Waals surface area contributed by atoms with Gasteiger partial charge >= 0.3 is 0 Å². The minimum atomic E-state index is -3.95. The third kappa shape index (κ3) is 13.8. The topological polar surface area (TPSA) is 87.0 Å². The molecule has 0 unspecified atom stereocenters. The molecule has 1 aromatic carbocycles. The monoisotopic (exact) mass is 437 g/mol. The molecular weight excluding hydrogens is 396 g/mol. The Labute approximate surface area is 184 Å². The van der Waals surface area contributed by atoms with Gasteiger partial charge in [0.15, 0.2) is 0 Å². The first-order valence-corrected chi connectivity index (χ1v) is 13.3. The third-order valence-corrected chi connectivity index (χ3v) is 6.35. The van der Waals surface area contributed by atoms with Crippen molar-refractivity contribution in [2.24, 2.45) is 0 Å². The van der Waals surface area contributed by atoms with Crippen molar-refractivity contribution >= 4 is 21.6 Å². The van der Waals surface area contributed by atoms with Crippen molar-refractivity contribution in [2.45, 2.75) is 115 Å². The van der Waals surface area contributed by atoms with Crippen molar-refractivity contribution in [3.63, 3.8) is 0 Å². The van der Waals surface area contributed by atoms with Crippen LogP contribution in [0.2, 0.25) is 0 Å². The molecule has 1 rings (SSSR count). The Bertz CT molecular complexity index is 672. The zero-order chi connectivity index (χ0) is 22.1. The molecule has 30 heavy (non-hydrogen) atoms. The van der Waals surface area contributed by atoms with Gasteiger partial charge in [-0.3, -0.25) is 4.79 Å². The van der Waals surface area contributed by atoms with Crippen molar-refractivity contribution in [3.05, 3.63) is 24.3 Å². The average Bonchev–Trinajstić information content (AvgIpc) is 2.70. The van der Waals surface area contributed by atoms with E-state index in [9.17, 15) is 13.2 Å². The maximum Gasteiger partial charge on any atom is 0.254 e. The maximum absolute atomic E-state index is 12.0. The first kappa shape index (κ1) is 26.6. The lowest BCUT2D eigenvalue weighted by Gasteiger charge is -2.06. The molecule has 6 heteroatoms.